The molecule has 3 aliphatic rings. The topological polar surface area (TPSA) is 71.1 Å². The third kappa shape index (κ3) is 1.92. The van der Waals surface area contributed by atoms with Crippen LogP contribution in [0.3, 0.4) is 0 Å². The van der Waals surface area contributed by atoms with Gasteiger partial charge < -0.3 is 18.9 Å². The number of fused-ring (bicyclic) bond motifs is 5. The van der Waals surface area contributed by atoms with Crippen LogP contribution in [0.25, 0.3) is 0 Å². The maximum absolute atomic E-state index is 13.2. The Labute approximate surface area is 149 Å². The maximum Gasteiger partial charge on any atom is 0.231 e. The highest BCUT2D eigenvalue weighted by Gasteiger charge is 2.41. The van der Waals surface area contributed by atoms with Gasteiger partial charge in [0.05, 0.1) is 0 Å². The van der Waals surface area contributed by atoms with E-state index in [-0.39, 0.29) is 37.0 Å². The second-order valence-electron chi connectivity index (χ2n) is 6.76. The fourth-order valence-electron chi connectivity index (χ4n) is 3.97. The van der Waals surface area contributed by atoms with Gasteiger partial charge in [-0.25, -0.2) is 0 Å². The van der Waals surface area contributed by atoms with Gasteiger partial charge in [-0.3, -0.25) is 9.59 Å². The fourth-order valence-corrected chi connectivity index (χ4v) is 3.97. The molecule has 2 unspecified atom stereocenters. The fraction of sp³-hybridized carbons (Fsp3) is 0.300. The highest BCUT2D eigenvalue weighted by atomic mass is 16.7. The molecule has 5 rings (SSSR count). The van der Waals surface area contributed by atoms with E-state index in [1.807, 2.05) is 13.0 Å². The van der Waals surface area contributed by atoms with Gasteiger partial charge >= 0.3 is 0 Å². The van der Waals surface area contributed by atoms with Crippen LogP contribution < -0.4 is 18.9 Å². The number of ether oxygens (including phenoxy) is 4. The molecule has 0 saturated heterocycles. The zero-order chi connectivity index (χ0) is 18.0. The molecule has 0 bridgehead atoms. The van der Waals surface area contributed by atoms with E-state index >= 15 is 0 Å². The van der Waals surface area contributed by atoms with Gasteiger partial charge in [-0.2, -0.15) is 0 Å². The van der Waals surface area contributed by atoms with Crippen LogP contribution in [0.2, 0.25) is 0 Å². The molecule has 2 aromatic carbocycles. The van der Waals surface area contributed by atoms with E-state index in [9.17, 15) is 9.59 Å². The van der Waals surface area contributed by atoms with Gasteiger partial charge in [0.1, 0.15) is 5.78 Å². The van der Waals surface area contributed by atoms with Gasteiger partial charge in [-0.15, -0.1) is 0 Å². The number of carbonyl (C=O) groups is 2. The van der Waals surface area contributed by atoms with Crippen LogP contribution >= 0.6 is 0 Å². The van der Waals surface area contributed by atoms with Crippen molar-refractivity contribution in [2.45, 2.75) is 19.8 Å². The lowest BCUT2D eigenvalue weighted by atomic mass is 9.70. The molecule has 2 atom stereocenters. The first-order valence-electron chi connectivity index (χ1n) is 8.47. The minimum atomic E-state index is -0.336. The minimum absolute atomic E-state index is 0.0374. The molecule has 1 aliphatic carbocycles. The number of ketones is 2. The molecule has 132 valence electrons. The third-order valence-electron chi connectivity index (χ3n) is 5.40. The molecule has 0 N–H and O–H groups in total. The molecule has 6 nitrogen and oxygen atoms in total. The van der Waals surface area contributed by atoms with Gasteiger partial charge in [0.25, 0.3) is 0 Å². The Morgan fingerprint density at radius 3 is 2.46 bits per heavy atom. The van der Waals surface area contributed by atoms with Gasteiger partial charge in [0, 0.05) is 28.5 Å². The van der Waals surface area contributed by atoms with Crippen molar-refractivity contribution in [2.24, 2.45) is 5.92 Å². The summed E-state index contributed by atoms with van der Waals surface area (Å²) >= 11 is 0. The quantitative estimate of drug-likeness (QED) is 0.827. The third-order valence-corrected chi connectivity index (χ3v) is 5.40. The van der Waals surface area contributed by atoms with Crippen LogP contribution in [-0.4, -0.2) is 25.2 Å². The van der Waals surface area contributed by atoms with Crippen LogP contribution in [0, 0.1) is 5.92 Å². The number of carbonyl (C=O) groups excluding carboxylic acids is 2. The maximum atomic E-state index is 13.2. The van der Waals surface area contributed by atoms with Crippen molar-refractivity contribution >= 4 is 11.6 Å². The Balaban J connectivity index is 1.81. The van der Waals surface area contributed by atoms with Crippen molar-refractivity contribution in [2.75, 3.05) is 13.6 Å². The van der Waals surface area contributed by atoms with E-state index < -0.39 is 0 Å². The number of rotatable bonds is 2. The van der Waals surface area contributed by atoms with Gasteiger partial charge in [-0.05, 0) is 36.8 Å². The van der Waals surface area contributed by atoms with Gasteiger partial charge in [0.15, 0.2) is 28.8 Å². The first-order chi connectivity index (χ1) is 12.6. The first-order valence-corrected chi connectivity index (χ1v) is 8.47. The zero-order valence-electron chi connectivity index (χ0n) is 14.3. The normalized spacial score (nSPS) is 19.8. The number of Topliss-reactive ketones (excluding diaryl/α,β-unsaturated/α-hetero) is 1. The summed E-state index contributed by atoms with van der Waals surface area (Å²) in [6.45, 7) is 3.66. The molecule has 26 heavy (non-hydrogen) atoms. The van der Waals surface area contributed by atoms with Crippen molar-refractivity contribution in [3.8, 4) is 23.0 Å². The number of hydrogen-bond donors (Lipinski definition) is 0. The summed E-state index contributed by atoms with van der Waals surface area (Å²) in [4.78, 5) is 25.4. The number of hydrogen-bond acceptors (Lipinski definition) is 6. The molecular weight excluding hydrogens is 336 g/mol. The Morgan fingerprint density at radius 2 is 1.69 bits per heavy atom. The molecule has 0 fully saturated rings. The second kappa shape index (κ2) is 5.24. The molecule has 2 aliphatic heterocycles. The number of benzene rings is 2. The van der Waals surface area contributed by atoms with Crippen molar-refractivity contribution in [1.82, 2.24) is 0 Å². The van der Waals surface area contributed by atoms with Gasteiger partial charge in [-0.1, -0.05) is 6.92 Å². The smallest absolute Gasteiger partial charge is 0.231 e. The zero-order valence-corrected chi connectivity index (χ0v) is 14.3. The Bertz CT molecular complexity index is 973. The summed E-state index contributed by atoms with van der Waals surface area (Å²) in [6.07, 6.45) is 0. The van der Waals surface area contributed by atoms with Gasteiger partial charge in [0.2, 0.25) is 13.6 Å². The van der Waals surface area contributed by atoms with Crippen LogP contribution in [0.4, 0.5) is 0 Å². The summed E-state index contributed by atoms with van der Waals surface area (Å²) in [6, 6.07) is 7.02. The average Bonchev–Trinajstić information content (AvgIpc) is 3.28. The highest BCUT2D eigenvalue weighted by molar-refractivity contribution is 6.14. The molecule has 0 amide bonds. The summed E-state index contributed by atoms with van der Waals surface area (Å²) in [5.74, 6) is 1.56. The van der Waals surface area contributed by atoms with Crippen molar-refractivity contribution < 1.29 is 28.5 Å². The van der Waals surface area contributed by atoms with Crippen LogP contribution in [0.15, 0.2) is 24.3 Å². The van der Waals surface area contributed by atoms with Crippen molar-refractivity contribution in [3.05, 3.63) is 46.5 Å². The van der Waals surface area contributed by atoms with E-state index in [1.165, 1.54) is 0 Å². The predicted octanol–water partition coefficient (Wildman–Crippen LogP) is 3.05. The largest absolute Gasteiger partial charge is 0.454 e. The SMILES string of the molecule is CC(=O)C(C)C1c2cc3c(cc2C(=O)c2ccc4c(c21)OCO4)OCO3. The van der Waals surface area contributed by atoms with E-state index in [0.29, 0.717) is 34.1 Å². The Hall–Kier alpha value is -3.02. The highest BCUT2D eigenvalue weighted by Crippen LogP contribution is 2.52. The molecule has 0 spiro atoms. The molecular formula is C20H16O6. The molecule has 0 radical (unpaired) electrons. The van der Waals surface area contributed by atoms with E-state index in [1.54, 1.807) is 25.1 Å². The molecule has 0 saturated carbocycles. The average molecular weight is 352 g/mol. The lowest BCUT2D eigenvalue weighted by molar-refractivity contribution is -0.120. The second-order valence-corrected chi connectivity index (χ2v) is 6.76. The first kappa shape index (κ1) is 15.3. The molecule has 6 heteroatoms. The van der Waals surface area contributed by atoms with Crippen LogP contribution in [0.1, 0.15) is 46.8 Å². The lowest BCUT2D eigenvalue weighted by Gasteiger charge is -2.31. The summed E-state index contributed by atoms with van der Waals surface area (Å²) in [5, 5.41) is 0. The van der Waals surface area contributed by atoms with Crippen molar-refractivity contribution in [1.29, 1.82) is 0 Å². The van der Waals surface area contributed by atoms with Crippen molar-refractivity contribution in [3.63, 3.8) is 0 Å². The molecule has 0 aromatic heterocycles. The predicted molar refractivity (Wildman–Crippen MR) is 90.3 cm³/mol. The monoisotopic (exact) mass is 352 g/mol. The minimum Gasteiger partial charge on any atom is -0.454 e. The summed E-state index contributed by atoms with van der Waals surface area (Å²) in [7, 11) is 0. The summed E-state index contributed by atoms with van der Waals surface area (Å²) in [5.41, 5.74) is 2.56. The lowest BCUT2D eigenvalue weighted by Crippen LogP contribution is -2.27. The Kier molecular flexibility index (Phi) is 3.07. The summed E-state index contributed by atoms with van der Waals surface area (Å²) < 4.78 is 22.1. The van der Waals surface area contributed by atoms with E-state index in [0.717, 1.165) is 11.1 Å². The van der Waals surface area contributed by atoms with Crippen LogP contribution in [0.5, 0.6) is 23.0 Å². The standard InChI is InChI=1S/C20H16O6/c1-9(10(2)21)17-12-5-15-16(25-7-24-15)6-13(12)19(22)11-3-4-14-20(18(11)17)26-8-23-14/h3-6,9,17H,7-8H2,1-2H3. The van der Waals surface area contributed by atoms with Crippen LogP contribution in [-0.2, 0) is 4.79 Å². The van der Waals surface area contributed by atoms with E-state index in [2.05, 4.69) is 0 Å². The Morgan fingerprint density at radius 1 is 1.00 bits per heavy atom. The molecule has 2 aromatic rings. The molecule has 2 heterocycles. The van der Waals surface area contributed by atoms with E-state index in [4.69, 9.17) is 18.9 Å².